The van der Waals surface area contributed by atoms with Crippen LogP contribution in [0, 0.1) is 23.7 Å². The third-order valence-electron chi connectivity index (χ3n) is 6.29. The lowest BCUT2D eigenvalue weighted by Crippen LogP contribution is -2.56. The van der Waals surface area contributed by atoms with E-state index < -0.39 is 5.54 Å². The molecule has 118 valence electrons. The number of aliphatic hydroxyl groups is 1. The van der Waals surface area contributed by atoms with Crippen LogP contribution in [0.1, 0.15) is 58.8 Å². The Labute approximate surface area is 126 Å². The fourth-order valence-corrected chi connectivity index (χ4v) is 4.68. The van der Waals surface area contributed by atoms with Gasteiger partial charge in [-0.15, -0.1) is 0 Å². The molecule has 3 fully saturated rings. The summed E-state index contributed by atoms with van der Waals surface area (Å²) in [5.74, 6) is 0.942. The van der Waals surface area contributed by atoms with Gasteiger partial charge in [0.15, 0.2) is 0 Å². The number of likely N-dealkylation sites (tertiary alicyclic amines) is 1. The van der Waals surface area contributed by atoms with Crippen molar-refractivity contribution in [2.45, 2.75) is 64.3 Å². The molecule has 4 nitrogen and oxygen atoms in total. The van der Waals surface area contributed by atoms with Crippen LogP contribution in [-0.4, -0.2) is 34.0 Å². The number of imide groups is 1. The van der Waals surface area contributed by atoms with Crippen molar-refractivity contribution in [3.05, 3.63) is 0 Å². The molecule has 0 aromatic heterocycles. The fraction of sp³-hybridized carbons (Fsp3) is 0.882. The topological polar surface area (TPSA) is 57.6 Å². The number of nitrogens with zero attached hydrogens (tertiary/aromatic N) is 1. The Morgan fingerprint density at radius 2 is 1.67 bits per heavy atom. The maximum absolute atomic E-state index is 12.8. The van der Waals surface area contributed by atoms with Crippen LogP contribution in [0.3, 0.4) is 0 Å². The van der Waals surface area contributed by atoms with Gasteiger partial charge in [0.2, 0.25) is 11.8 Å². The monoisotopic (exact) mass is 293 g/mol. The highest BCUT2D eigenvalue weighted by Crippen LogP contribution is 2.48. The number of hydrogen-bond acceptors (Lipinski definition) is 3. The molecule has 3 aliphatic rings. The third-order valence-corrected chi connectivity index (χ3v) is 6.29. The Morgan fingerprint density at radius 1 is 1.14 bits per heavy atom. The van der Waals surface area contributed by atoms with Crippen LogP contribution in [0.5, 0.6) is 0 Å². The fourth-order valence-electron chi connectivity index (χ4n) is 4.68. The largest absolute Gasteiger partial charge is 0.394 e. The average molecular weight is 293 g/mol. The summed E-state index contributed by atoms with van der Waals surface area (Å²) in [4.78, 5) is 27.1. The van der Waals surface area contributed by atoms with Gasteiger partial charge in [0.25, 0.3) is 0 Å². The van der Waals surface area contributed by atoms with Crippen LogP contribution < -0.4 is 0 Å². The lowest BCUT2D eigenvalue weighted by Gasteiger charge is -2.44. The normalized spacial score (nSPS) is 43.5. The Balaban J connectivity index is 1.83. The van der Waals surface area contributed by atoms with E-state index in [1.165, 1.54) is 4.90 Å². The van der Waals surface area contributed by atoms with Gasteiger partial charge in [-0.3, -0.25) is 14.5 Å². The van der Waals surface area contributed by atoms with E-state index in [4.69, 9.17) is 0 Å². The minimum absolute atomic E-state index is 0.00422. The van der Waals surface area contributed by atoms with Crippen molar-refractivity contribution in [1.82, 2.24) is 4.90 Å². The summed E-state index contributed by atoms with van der Waals surface area (Å²) in [6.45, 7) is 4.26. The first-order chi connectivity index (χ1) is 10.0. The molecule has 0 spiro atoms. The van der Waals surface area contributed by atoms with Gasteiger partial charge in [-0.25, -0.2) is 0 Å². The molecule has 0 bridgehead atoms. The van der Waals surface area contributed by atoms with Gasteiger partial charge in [-0.1, -0.05) is 20.3 Å². The minimum atomic E-state index is -0.604. The van der Waals surface area contributed by atoms with Gasteiger partial charge < -0.3 is 5.11 Å². The third kappa shape index (κ3) is 2.23. The summed E-state index contributed by atoms with van der Waals surface area (Å²) in [5.41, 5.74) is -0.604. The van der Waals surface area contributed by atoms with E-state index in [-0.39, 0.29) is 30.3 Å². The zero-order valence-corrected chi connectivity index (χ0v) is 13.2. The van der Waals surface area contributed by atoms with Crippen LogP contribution in [0.4, 0.5) is 0 Å². The molecule has 2 unspecified atom stereocenters. The minimum Gasteiger partial charge on any atom is -0.394 e. The quantitative estimate of drug-likeness (QED) is 0.813. The van der Waals surface area contributed by atoms with Crippen molar-refractivity contribution in [1.29, 1.82) is 0 Å². The highest BCUT2D eigenvalue weighted by molar-refractivity contribution is 6.06. The summed E-state index contributed by atoms with van der Waals surface area (Å²) in [6, 6.07) is 0. The zero-order chi connectivity index (χ0) is 15.2. The van der Waals surface area contributed by atoms with Crippen molar-refractivity contribution in [3.63, 3.8) is 0 Å². The molecule has 1 heterocycles. The van der Waals surface area contributed by atoms with Gasteiger partial charge in [0.1, 0.15) is 0 Å². The summed E-state index contributed by atoms with van der Waals surface area (Å²) < 4.78 is 0. The Kier molecular flexibility index (Phi) is 3.85. The molecule has 3 rings (SSSR count). The molecule has 21 heavy (non-hydrogen) atoms. The maximum atomic E-state index is 12.8. The van der Waals surface area contributed by atoms with E-state index in [0.717, 1.165) is 44.9 Å². The van der Waals surface area contributed by atoms with Crippen LogP contribution in [0.2, 0.25) is 0 Å². The standard InChI is InChI=1S/C17H27NO3/c1-3-12-8-13-14(9-12)16(21)18(15(13)20)17(10-19)6-4-11(2)5-7-17/h11-14,19H,3-10H2,1-2H3. The highest BCUT2D eigenvalue weighted by Gasteiger charge is 2.58. The summed E-state index contributed by atoms with van der Waals surface area (Å²) >= 11 is 0. The molecule has 1 aliphatic heterocycles. The first kappa shape index (κ1) is 15.0. The lowest BCUT2D eigenvalue weighted by atomic mass is 9.76. The molecule has 2 saturated carbocycles. The summed E-state index contributed by atoms with van der Waals surface area (Å²) in [6.07, 6.45) is 6.28. The Bertz CT molecular complexity index is 415. The van der Waals surface area contributed by atoms with Crippen LogP contribution in [-0.2, 0) is 9.59 Å². The molecule has 2 atom stereocenters. The molecule has 1 N–H and O–H groups in total. The Hall–Kier alpha value is -0.900. The molecular weight excluding hydrogens is 266 g/mol. The number of carbonyl (C=O) groups excluding carboxylic acids is 2. The van der Waals surface area contributed by atoms with Crippen molar-refractivity contribution < 1.29 is 14.7 Å². The molecule has 4 heteroatoms. The summed E-state index contributed by atoms with van der Waals surface area (Å²) in [7, 11) is 0. The van der Waals surface area contributed by atoms with E-state index in [2.05, 4.69) is 13.8 Å². The molecular formula is C17H27NO3. The average Bonchev–Trinajstić information content (AvgIpc) is 3.02. The van der Waals surface area contributed by atoms with E-state index in [1.807, 2.05) is 0 Å². The second-order valence-electron chi connectivity index (χ2n) is 7.54. The van der Waals surface area contributed by atoms with Gasteiger partial charge in [-0.2, -0.15) is 0 Å². The first-order valence-corrected chi connectivity index (χ1v) is 8.51. The van der Waals surface area contributed by atoms with Gasteiger partial charge in [0.05, 0.1) is 24.0 Å². The van der Waals surface area contributed by atoms with E-state index in [0.29, 0.717) is 11.8 Å². The maximum Gasteiger partial charge on any atom is 0.233 e. The smallest absolute Gasteiger partial charge is 0.233 e. The van der Waals surface area contributed by atoms with Crippen LogP contribution in [0.25, 0.3) is 0 Å². The number of hydrogen-bond donors (Lipinski definition) is 1. The van der Waals surface area contributed by atoms with Gasteiger partial charge in [-0.05, 0) is 50.4 Å². The summed E-state index contributed by atoms with van der Waals surface area (Å²) in [5, 5.41) is 9.94. The molecule has 0 aromatic rings. The van der Waals surface area contributed by atoms with Crippen molar-refractivity contribution in [2.24, 2.45) is 23.7 Å². The zero-order valence-electron chi connectivity index (χ0n) is 13.2. The molecule has 2 amide bonds. The van der Waals surface area contributed by atoms with Crippen molar-refractivity contribution in [3.8, 4) is 0 Å². The second-order valence-corrected chi connectivity index (χ2v) is 7.54. The van der Waals surface area contributed by atoms with Gasteiger partial charge >= 0.3 is 0 Å². The van der Waals surface area contributed by atoms with E-state index in [1.54, 1.807) is 0 Å². The molecule has 2 aliphatic carbocycles. The van der Waals surface area contributed by atoms with Gasteiger partial charge in [0, 0.05) is 0 Å². The number of fused-ring (bicyclic) bond motifs is 1. The molecule has 0 radical (unpaired) electrons. The second kappa shape index (κ2) is 5.38. The number of carbonyl (C=O) groups is 2. The first-order valence-electron chi connectivity index (χ1n) is 8.51. The number of rotatable bonds is 3. The van der Waals surface area contributed by atoms with Crippen LogP contribution >= 0.6 is 0 Å². The number of aliphatic hydroxyl groups excluding tert-OH is 1. The van der Waals surface area contributed by atoms with E-state index >= 15 is 0 Å². The van der Waals surface area contributed by atoms with Crippen LogP contribution in [0.15, 0.2) is 0 Å². The lowest BCUT2D eigenvalue weighted by molar-refractivity contribution is -0.152. The predicted octanol–water partition coefficient (Wildman–Crippen LogP) is 2.35. The predicted molar refractivity (Wildman–Crippen MR) is 79.3 cm³/mol. The highest BCUT2D eigenvalue weighted by atomic mass is 16.3. The van der Waals surface area contributed by atoms with E-state index in [9.17, 15) is 14.7 Å². The SMILES string of the molecule is CCC1CC2C(=O)N(C3(CO)CCC(C)CC3)C(=O)C2C1. The van der Waals surface area contributed by atoms with Crippen molar-refractivity contribution in [2.75, 3.05) is 6.61 Å². The van der Waals surface area contributed by atoms with Crippen molar-refractivity contribution >= 4 is 11.8 Å². The Morgan fingerprint density at radius 3 is 2.10 bits per heavy atom. The molecule has 0 aromatic carbocycles. The number of amides is 2. The molecule has 1 saturated heterocycles.